The van der Waals surface area contributed by atoms with Gasteiger partial charge in [0.15, 0.2) is 0 Å². The third-order valence-electron chi connectivity index (χ3n) is 4.93. The fourth-order valence-electron chi connectivity index (χ4n) is 3.41. The first kappa shape index (κ1) is 20.3. The van der Waals surface area contributed by atoms with Crippen LogP contribution in [0.1, 0.15) is 24.0 Å². The van der Waals surface area contributed by atoms with Crippen LogP contribution in [-0.2, 0) is 21.6 Å². The van der Waals surface area contributed by atoms with Gasteiger partial charge in [-0.2, -0.15) is 0 Å². The van der Waals surface area contributed by atoms with Crippen LogP contribution in [0, 0.1) is 10.1 Å². The van der Waals surface area contributed by atoms with Gasteiger partial charge in [0.05, 0.1) is 18.6 Å². The van der Waals surface area contributed by atoms with Gasteiger partial charge in [-0.3, -0.25) is 19.7 Å². The Hall–Kier alpha value is -3.46. The molecule has 1 atom stereocenters. The number of benzene rings is 2. The Kier molecular flexibility index (Phi) is 5.79. The van der Waals surface area contributed by atoms with Crippen LogP contribution in [0.3, 0.4) is 0 Å². The number of nitrogens with one attached hydrogen (secondary N) is 2. The number of aryl methyl sites for hydroxylation is 1. The molecule has 0 fully saturated rings. The van der Waals surface area contributed by atoms with E-state index >= 15 is 0 Å². The van der Waals surface area contributed by atoms with Crippen LogP contribution in [-0.4, -0.2) is 35.5 Å². The van der Waals surface area contributed by atoms with Crippen molar-refractivity contribution in [2.45, 2.75) is 24.9 Å². The van der Waals surface area contributed by atoms with Crippen molar-refractivity contribution in [3.8, 4) is 5.75 Å². The monoisotopic (exact) mass is 399 g/mol. The summed E-state index contributed by atoms with van der Waals surface area (Å²) < 4.78 is 5.21. The van der Waals surface area contributed by atoms with Gasteiger partial charge >= 0.3 is 11.8 Å². The second-order valence-corrected chi connectivity index (χ2v) is 6.85. The number of carbonyl (C=O) groups excluding carboxylic acids is 2. The molecule has 3 N–H and O–H groups in total. The maximum Gasteiger partial charge on any atom is 0.313 e. The summed E-state index contributed by atoms with van der Waals surface area (Å²) in [6, 6.07) is 10.5. The van der Waals surface area contributed by atoms with Crippen LogP contribution < -0.4 is 15.4 Å². The zero-order valence-electron chi connectivity index (χ0n) is 15.8. The number of nitro benzene ring substituents is 1. The average molecular weight is 399 g/mol. The number of carbonyl (C=O) groups is 2. The van der Waals surface area contributed by atoms with E-state index in [1.54, 1.807) is 19.2 Å². The highest BCUT2D eigenvalue weighted by Crippen LogP contribution is 2.36. The lowest BCUT2D eigenvalue weighted by Gasteiger charge is -2.34. The van der Waals surface area contributed by atoms with Crippen LogP contribution in [0.25, 0.3) is 0 Å². The molecule has 2 aromatic rings. The van der Waals surface area contributed by atoms with E-state index in [4.69, 9.17) is 4.74 Å². The number of fused-ring (bicyclic) bond motifs is 1. The molecule has 9 nitrogen and oxygen atoms in total. The third kappa shape index (κ3) is 4.52. The van der Waals surface area contributed by atoms with Crippen molar-refractivity contribution < 1.29 is 24.4 Å². The molecule has 9 heteroatoms. The lowest BCUT2D eigenvalue weighted by molar-refractivity contribution is -0.384. The molecule has 2 amide bonds. The van der Waals surface area contributed by atoms with Gasteiger partial charge in [-0.05, 0) is 54.7 Å². The molecule has 1 aliphatic carbocycles. The number of non-ortho nitro benzene ring substituents is 1. The van der Waals surface area contributed by atoms with E-state index < -0.39 is 22.3 Å². The van der Waals surface area contributed by atoms with E-state index in [9.17, 15) is 24.8 Å². The van der Waals surface area contributed by atoms with E-state index in [0.717, 1.165) is 18.4 Å². The van der Waals surface area contributed by atoms with Crippen LogP contribution in [0.4, 0.5) is 11.4 Å². The number of rotatable bonds is 5. The first-order valence-electron chi connectivity index (χ1n) is 9.06. The molecule has 0 bridgehead atoms. The number of methoxy groups -OCH3 is 1. The minimum absolute atomic E-state index is 0.112. The van der Waals surface area contributed by atoms with Gasteiger partial charge in [0, 0.05) is 17.8 Å². The van der Waals surface area contributed by atoms with Crippen molar-refractivity contribution in [1.82, 2.24) is 5.32 Å². The summed E-state index contributed by atoms with van der Waals surface area (Å²) in [5, 5.41) is 26.5. The zero-order chi connectivity index (χ0) is 21.0. The Labute approximate surface area is 166 Å². The van der Waals surface area contributed by atoms with E-state index in [0.29, 0.717) is 17.7 Å². The van der Waals surface area contributed by atoms with Crippen LogP contribution in [0.15, 0.2) is 42.5 Å². The number of nitrogens with zero attached hydrogens (tertiary/aromatic N) is 1. The van der Waals surface area contributed by atoms with Crippen LogP contribution in [0.5, 0.6) is 5.75 Å². The first-order chi connectivity index (χ1) is 13.8. The molecule has 29 heavy (non-hydrogen) atoms. The standard InChI is InChI=1S/C20H21N3O6/c1-29-16-8-9-17-13(11-16)3-2-10-20(17,26)12-21-18(24)19(25)22-14-4-6-15(7-5-14)23(27)28/h4-9,11,26H,2-3,10,12H2,1H3,(H,21,24)(H,22,25). The second kappa shape index (κ2) is 8.27. The van der Waals surface area contributed by atoms with Gasteiger partial charge in [-0.25, -0.2) is 0 Å². The molecule has 0 spiro atoms. The molecule has 2 aromatic carbocycles. The van der Waals surface area contributed by atoms with Crippen molar-refractivity contribution in [3.05, 3.63) is 63.7 Å². The summed E-state index contributed by atoms with van der Waals surface area (Å²) in [6.45, 7) is -0.112. The van der Waals surface area contributed by atoms with E-state index in [1.165, 1.54) is 24.3 Å². The molecule has 0 aromatic heterocycles. The first-order valence-corrected chi connectivity index (χ1v) is 9.06. The Balaban J connectivity index is 1.63. The summed E-state index contributed by atoms with van der Waals surface area (Å²) >= 11 is 0. The molecule has 1 aliphatic rings. The number of hydrogen-bond acceptors (Lipinski definition) is 6. The average Bonchev–Trinajstić information content (AvgIpc) is 2.72. The molecular formula is C20H21N3O6. The zero-order valence-corrected chi connectivity index (χ0v) is 15.8. The Morgan fingerprint density at radius 3 is 2.59 bits per heavy atom. The minimum atomic E-state index is -1.27. The maximum atomic E-state index is 12.2. The SMILES string of the molecule is COc1ccc2c(c1)CCCC2(O)CNC(=O)C(=O)Nc1ccc([N+](=O)[O-])cc1. The van der Waals surface area contributed by atoms with Crippen LogP contribution in [0.2, 0.25) is 0 Å². The van der Waals surface area contributed by atoms with Crippen molar-refractivity contribution in [2.75, 3.05) is 19.0 Å². The molecule has 0 radical (unpaired) electrons. The van der Waals surface area contributed by atoms with Gasteiger partial charge in [-0.15, -0.1) is 0 Å². The number of nitro groups is 1. The van der Waals surface area contributed by atoms with Crippen molar-refractivity contribution >= 4 is 23.2 Å². The Morgan fingerprint density at radius 1 is 1.21 bits per heavy atom. The summed E-state index contributed by atoms with van der Waals surface area (Å²) in [6.07, 6.45) is 1.99. The Bertz CT molecular complexity index is 944. The third-order valence-corrected chi connectivity index (χ3v) is 4.93. The van der Waals surface area contributed by atoms with Gasteiger partial charge < -0.3 is 20.5 Å². The topological polar surface area (TPSA) is 131 Å². The van der Waals surface area contributed by atoms with Crippen molar-refractivity contribution in [3.63, 3.8) is 0 Å². The summed E-state index contributed by atoms with van der Waals surface area (Å²) in [7, 11) is 1.57. The number of anilines is 1. The molecule has 0 saturated heterocycles. The normalized spacial score (nSPS) is 17.7. The summed E-state index contributed by atoms with van der Waals surface area (Å²) in [5.41, 5.74) is 0.513. The Morgan fingerprint density at radius 2 is 1.93 bits per heavy atom. The molecule has 152 valence electrons. The van der Waals surface area contributed by atoms with Crippen molar-refractivity contribution in [2.24, 2.45) is 0 Å². The highest BCUT2D eigenvalue weighted by Gasteiger charge is 2.35. The number of hydrogen-bond donors (Lipinski definition) is 3. The summed E-state index contributed by atoms with van der Waals surface area (Å²) in [4.78, 5) is 34.3. The number of amides is 2. The fourth-order valence-corrected chi connectivity index (χ4v) is 3.41. The lowest BCUT2D eigenvalue weighted by Crippen LogP contribution is -2.46. The molecule has 0 heterocycles. The fraction of sp³-hybridized carbons (Fsp3) is 0.300. The molecule has 1 unspecified atom stereocenters. The van der Waals surface area contributed by atoms with Gasteiger partial charge in [0.25, 0.3) is 5.69 Å². The predicted molar refractivity (Wildman–Crippen MR) is 105 cm³/mol. The van der Waals surface area contributed by atoms with Crippen molar-refractivity contribution in [1.29, 1.82) is 0 Å². The highest BCUT2D eigenvalue weighted by atomic mass is 16.6. The quantitative estimate of drug-likeness (QED) is 0.400. The minimum Gasteiger partial charge on any atom is -0.497 e. The van der Waals surface area contributed by atoms with Crippen LogP contribution >= 0.6 is 0 Å². The smallest absolute Gasteiger partial charge is 0.313 e. The molecule has 0 aliphatic heterocycles. The van der Waals surface area contributed by atoms with Gasteiger partial charge in [0.2, 0.25) is 0 Å². The van der Waals surface area contributed by atoms with E-state index in [1.807, 2.05) is 6.07 Å². The maximum absolute atomic E-state index is 12.2. The number of aliphatic hydroxyl groups is 1. The lowest BCUT2D eigenvalue weighted by atomic mass is 9.79. The van der Waals surface area contributed by atoms with Gasteiger partial charge in [0.1, 0.15) is 11.4 Å². The second-order valence-electron chi connectivity index (χ2n) is 6.85. The molecule has 3 rings (SSSR count). The predicted octanol–water partition coefficient (Wildman–Crippen LogP) is 1.88. The summed E-state index contributed by atoms with van der Waals surface area (Å²) in [5.74, 6) is -1.13. The van der Waals surface area contributed by atoms with E-state index in [-0.39, 0.29) is 17.9 Å². The molecule has 0 saturated carbocycles. The van der Waals surface area contributed by atoms with E-state index in [2.05, 4.69) is 10.6 Å². The highest BCUT2D eigenvalue weighted by molar-refractivity contribution is 6.39. The largest absolute Gasteiger partial charge is 0.497 e. The van der Waals surface area contributed by atoms with Gasteiger partial charge in [-0.1, -0.05) is 6.07 Å². The molecular weight excluding hydrogens is 378 g/mol. The number of ether oxygens (including phenoxy) is 1.